The van der Waals surface area contributed by atoms with E-state index in [9.17, 15) is 5.11 Å². The molecule has 1 saturated heterocycles. The van der Waals surface area contributed by atoms with Crippen molar-refractivity contribution in [3.8, 4) is 0 Å². The number of fused-ring (bicyclic) bond motifs is 1. The summed E-state index contributed by atoms with van der Waals surface area (Å²) in [7, 11) is 2.23. The van der Waals surface area contributed by atoms with Gasteiger partial charge in [0.2, 0.25) is 0 Å². The molecule has 0 radical (unpaired) electrons. The Hall–Kier alpha value is -0.0800. The van der Waals surface area contributed by atoms with Crippen LogP contribution in [0.5, 0.6) is 0 Å². The molecule has 0 aromatic rings. The number of likely N-dealkylation sites (tertiary alicyclic amines) is 1. The molecule has 0 aromatic carbocycles. The normalized spacial score (nSPS) is 44.0. The molecule has 2 nitrogen and oxygen atoms in total. The summed E-state index contributed by atoms with van der Waals surface area (Å²) in [5.74, 6) is 0.785. The van der Waals surface area contributed by atoms with Gasteiger partial charge in [0.25, 0.3) is 0 Å². The van der Waals surface area contributed by atoms with E-state index in [1.807, 2.05) is 0 Å². The average Bonchev–Trinajstić information content (AvgIpc) is 2.04. The van der Waals surface area contributed by atoms with Crippen LogP contribution in [0.25, 0.3) is 0 Å². The fourth-order valence-electron chi connectivity index (χ4n) is 2.88. The number of hydrogen-bond donors (Lipinski definition) is 1. The van der Waals surface area contributed by atoms with Gasteiger partial charge in [-0.1, -0.05) is 0 Å². The first-order chi connectivity index (χ1) is 5.77. The van der Waals surface area contributed by atoms with Crippen molar-refractivity contribution in [2.24, 2.45) is 5.92 Å². The Bertz CT molecular complexity index is 160. The number of aliphatic hydroxyl groups is 1. The lowest BCUT2D eigenvalue weighted by molar-refractivity contribution is 0.0170. The Balaban J connectivity index is 1.99. The van der Waals surface area contributed by atoms with Crippen molar-refractivity contribution in [3.63, 3.8) is 0 Å². The number of aliphatic hydroxyl groups excluding tert-OH is 1. The maximum Gasteiger partial charge on any atom is 0.0544 e. The van der Waals surface area contributed by atoms with Crippen LogP contribution in [-0.2, 0) is 0 Å². The third-order valence-corrected chi connectivity index (χ3v) is 3.57. The fourth-order valence-corrected chi connectivity index (χ4v) is 2.88. The van der Waals surface area contributed by atoms with E-state index in [1.165, 1.54) is 25.8 Å². The van der Waals surface area contributed by atoms with Gasteiger partial charge in [0, 0.05) is 6.04 Å². The van der Waals surface area contributed by atoms with Gasteiger partial charge in [-0.25, -0.2) is 0 Å². The second-order valence-corrected chi connectivity index (χ2v) is 4.42. The number of nitrogens with zero attached hydrogens (tertiary/aromatic N) is 1. The number of rotatable bonds is 0. The van der Waals surface area contributed by atoms with Crippen LogP contribution in [0, 0.1) is 5.92 Å². The zero-order valence-corrected chi connectivity index (χ0v) is 7.87. The fraction of sp³-hybridized carbons (Fsp3) is 1.00. The molecule has 2 fully saturated rings. The third kappa shape index (κ3) is 1.50. The molecule has 1 N–H and O–H groups in total. The molecule has 3 atom stereocenters. The Morgan fingerprint density at radius 3 is 2.92 bits per heavy atom. The van der Waals surface area contributed by atoms with Gasteiger partial charge in [-0.3, -0.25) is 0 Å². The van der Waals surface area contributed by atoms with Crippen LogP contribution in [0.1, 0.15) is 32.1 Å². The molecular weight excluding hydrogens is 150 g/mol. The standard InChI is InChI=1S/C10H19NO/c1-11-6-2-3-8-7-9(12)4-5-10(8)11/h8-10,12H,2-7H2,1H3/t8-,9?,10-/m0/s1. The molecule has 70 valence electrons. The monoisotopic (exact) mass is 169 g/mol. The molecule has 12 heavy (non-hydrogen) atoms. The Kier molecular flexibility index (Phi) is 2.37. The van der Waals surface area contributed by atoms with E-state index in [4.69, 9.17) is 0 Å². The summed E-state index contributed by atoms with van der Waals surface area (Å²) in [6, 6.07) is 0.780. The molecule has 2 heteroatoms. The maximum atomic E-state index is 9.52. The Morgan fingerprint density at radius 2 is 2.08 bits per heavy atom. The minimum absolute atomic E-state index is 0.00208. The van der Waals surface area contributed by atoms with Crippen LogP contribution in [0.4, 0.5) is 0 Å². The molecular formula is C10H19NO. The summed E-state index contributed by atoms with van der Waals surface area (Å²) in [6.45, 7) is 1.26. The number of piperidine rings is 1. The average molecular weight is 169 g/mol. The minimum Gasteiger partial charge on any atom is -0.393 e. The zero-order chi connectivity index (χ0) is 8.55. The Labute approximate surface area is 74.6 Å². The number of hydrogen-bond acceptors (Lipinski definition) is 2. The highest BCUT2D eigenvalue weighted by Gasteiger charge is 2.34. The van der Waals surface area contributed by atoms with Gasteiger partial charge in [0.1, 0.15) is 0 Å². The predicted molar refractivity (Wildman–Crippen MR) is 49.0 cm³/mol. The quantitative estimate of drug-likeness (QED) is 0.590. The Morgan fingerprint density at radius 1 is 1.25 bits per heavy atom. The first-order valence-electron chi connectivity index (χ1n) is 5.15. The summed E-state index contributed by atoms with van der Waals surface area (Å²) in [6.07, 6.45) is 5.94. The topological polar surface area (TPSA) is 23.5 Å². The van der Waals surface area contributed by atoms with Gasteiger partial charge in [0.05, 0.1) is 6.10 Å². The summed E-state index contributed by atoms with van der Waals surface area (Å²) in [4.78, 5) is 2.49. The molecule has 0 amide bonds. The van der Waals surface area contributed by atoms with Gasteiger partial charge in [-0.15, -0.1) is 0 Å². The van der Waals surface area contributed by atoms with Crippen molar-refractivity contribution in [2.75, 3.05) is 13.6 Å². The highest BCUT2D eigenvalue weighted by Crippen LogP contribution is 2.34. The lowest BCUT2D eigenvalue weighted by atomic mass is 9.77. The van der Waals surface area contributed by atoms with Gasteiger partial charge < -0.3 is 10.0 Å². The SMILES string of the molecule is CN1CCC[C@H]2CC(O)CC[C@@H]21. The van der Waals surface area contributed by atoms with Crippen LogP contribution >= 0.6 is 0 Å². The first kappa shape index (κ1) is 8.52. The van der Waals surface area contributed by atoms with Crippen molar-refractivity contribution in [2.45, 2.75) is 44.2 Å². The van der Waals surface area contributed by atoms with Crippen LogP contribution in [-0.4, -0.2) is 35.7 Å². The molecule has 1 saturated carbocycles. The molecule has 0 aromatic heterocycles. The van der Waals surface area contributed by atoms with Gasteiger partial charge in [0.15, 0.2) is 0 Å². The third-order valence-electron chi connectivity index (χ3n) is 3.57. The van der Waals surface area contributed by atoms with Gasteiger partial charge in [-0.05, 0) is 51.6 Å². The van der Waals surface area contributed by atoms with E-state index in [1.54, 1.807) is 0 Å². The zero-order valence-electron chi connectivity index (χ0n) is 7.87. The van der Waals surface area contributed by atoms with Gasteiger partial charge >= 0.3 is 0 Å². The predicted octanol–water partition coefficient (Wildman–Crippen LogP) is 1.24. The molecule has 2 aliphatic rings. The van der Waals surface area contributed by atoms with E-state index >= 15 is 0 Å². The summed E-state index contributed by atoms with van der Waals surface area (Å²) >= 11 is 0. The lowest BCUT2D eigenvalue weighted by Crippen LogP contribution is -2.46. The highest BCUT2D eigenvalue weighted by atomic mass is 16.3. The van der Waals surface area contributed by atoms with Crippen molar-refractivity contribution >= 4 is 0 Å². The minimum atomic E-state index is -0.00208. The van der Waals surface area contributed by atoms with Crippen molar-refractivity contribution < 1.29 is 5.11 Å². The second kappa shape index (κ2) is 3.35. The van der Waals surface area contributed by atoms with Gasteiger partial charge in [-0.2, -0.15) is 0 Å². The van der Waals surface area contributed by atoms with Crippen molar-refractivity contribution in [1.29, 1.82) is 0 Å². The molecule has 1 unspecified atom stereocenters. The molecule has 0 spiro atoms. The van der Waals surface area contributed by atoms with Crippen molar-refractivity contribution in [3.05, 3.63) is 0 Å². The second-order valence-electron chi connectivity index (χ2n) is 4.42. The molecule has 1 heterocycles. The highest BCUT2D eigenvalue weighted by molar-refractivity contribution is 4.88. The maximum absolute atomic E-state index is 9.52. The lowest BCUT2D eigenvalue weighted by Gasteiger charge is -2.43. The van der Waals surface area contributed by atoms with Crippen LogP contribution < -0.4 is 0 Å². The van der Waals surface area contributed by atoms with E-state index in [0.717, 1.165) is 24.8 Å². The largest absolute Gasteiger partial charge is 0.393 e. The van der Waals surface area contributed by atoms with E-state index in [-0.39, 0.29) is 6.10 Å². The summed E-state index contributed by atoms with van der Waals surface area (Å²) < 4.78 is 0. The van der Waals surface area contributed by atoms with Crippen LogP contribution in [0.15, 0.2) is 0 Å². The molecule has 1 aliphatic heterocycles. The van der Waals surface area contributed by atoms with Crippen LogP contribution in [0.2, 0.25) is 0 Å². The van der Waals surface area contributed by atoms with E-state index < -0.39 is 0 Å². The van der Waals surface area contributed by atoms with Crippen LogP contribution in [0.3, 0.4) is 0 Å². The molecule has 2 rings (SSSR count). The van der Waals surface area contributed by atoms with E-state index in [2.05, 4.69) is 11.9 Å². The summed E-state index contributed by atoms with van der Waals surface area (Å²) in [5.41, 5.74) is 0. The first-order valence-corrected chi connectivity index (χ1v) is 5.15. The summed E-state index contributed by atoms with van der Waals surface area (Å²) in [5, 5.41) is 9.52. The van der Waals surface area contributed by atoms with Crippen molar-refractivity contribution in [1.82, 2.24) is 4.90 Å². The van der Waals surface area contributed by atoms with E-state index in [0.29, 0.717) is 0 Å². The molecule has 0 bridgehead atoms. The smallest absolute Gasteiger partial charge is 0.0544 e. The molecule has 1 aliphatic carbocycles.